The second-order valence-corrected chi connectivity index (χ2v) is 4.95. The van der Waals surface area contributed by atoms with Gasteiger partial charge in [0, 0.05) is 6.26 Å². The highest BCUT2D eigenvalue weighted by molar-refractivity contribution is 7.90. The molecule has 0 saturated carbocycles. The van der Waals surface area contributed by atoms with Crippen molar-refractivity contribution in [3.63, 3.8) is 0 Å². The minimum Gasteiger partial charge on any atom is -0.224 e. The molecule has 0 aliphatic heterocycles. The van der Waals surface area contributed by atoms with Gasteiger partial charge in [-0.25, -0.2) is 12.8 Å². The summed E-state index contributed by atoms with van der Waals surface area (Å²) in [4.78, 5) is 0.0116. The molecule has 0 amide bonds. The van der Waals surface area contributed by atoms with Crippen molar-refractivity contribution in [2.45, 2.75) is 25.2 Å². The molecule has 0 fully saturated rings. The Morgan fingerprint density at radius 1 is 1.29 bits per heavy atom. The van der Waals surface area contributed by atoms with Gasteiger partial charge < -0.3 is 0 Å². The minimum absolute atomic E-state index is 0.0116. The molecule has 0 heterocycles. The summed E-state index contributed by atoms with van der Waals surface area (Å²) >= 11 is 0. The first-order valence-electron chi connectivity index (χ1n) is 4.37. The number of sulfone groups is 1. The fourth-order valence-corrected chi connectivity index (χ4v) is 1.35. The highest BCUT2D eigenvalue weighted by Crippen LogP contribution is 2.09. The Labute approximate surface area is 84.7 Å². The third-order valence-electron chi connectivity index (χ3n) is 1.22. The fraction of sp³-hybridized carbons (Fsp3) is 0.400. The second kappa shape index (κ2) is 5.75. The van der Waals surface area contributed by atoms with E-state index >= 15 is 0 Å². The van der Waals surface area contributed by atoms with E-state index in [0.717, 1.165) is 12.3 Å². The van der Waals surface area contributed by atoms with E-state index in [1.807, 2.05) is 0 Å². The zero-order valence-electron chi connectivity index (χ0n) is 8.62. The van der Waals surface area contributed by atoms with Crippen LogP contribution in [0.2, 0.25) is 0 Å². The molecule has 0 aliphatic carbocycles. The van der Waals surface area contributed by atoms with Crippen molar-refractivity contribution in [3.05, 3.63) is 30.1 Å². The Balaban J connectivity index is 0.000000500. The number of hydrogen-bond acceptors (Lipinski definition) is 2. The quantitative estimate of drug-likeness (QED) is 0.726. The van der Waals surface area contributed by atoms with Crippen LogP contribution in [0.25, 0.3) is 0 Å². The van der Waals surface area contributed by atoms with Gasteiger partial charge in [0.15, 0.2) is 9.84 Å². The maximum absolute atomic E-state index is 12.4. The lowest BCUT2D eigenvalue weighted by atomic mass is 10.4. The summed E-state index contributed by atoms with van der Waals surface area (Å²) < 4.78 is 34.1. The molecule has 4 heteroatoms. The highest BCUT2D eigenvalue weighted by Gasteiger charge is 2.06. The van der Waals surface area contributed by atoms with Gasteiger partial charge in [-0.2, -0.15) is 0 Å². The fourth-order valence-electron chi connectivity index (χ4n) is 0.698. The van der Waals surface area contributed by atoms with Crippen molar-refractivity contribution < 1.29 is 12.8 Å². The third kappa shape index (κ3) is 4.97. The summed E-state index contributed by atoms with van der Waals surface area (Å²) in [5.74, 6) is -0.534. The predicted molar refractivity (Wildman–Crippen MR) is 55.5 cm³/mol. The highest BCUT2D eigenvalue weighted by atomic mass is 32.2. The Morgan fingerprint density at radius 3 is 2.07 bits per heavy atom. The van der Waals surface area contributed by atoms with Crippen LogP contribution in [0.1, 0.15) is 20.3 Å². The van der Waals surface area contributed by atoms with Gasteiger partial charge in [-0.3, -0.25) is 0 Å². The maximum Gasteiger partial charge on any atom is 0.175 e. The van der Waals surface area contributed by atoms with Gasteiger partial charge in [-0.05, 0) is 18.2 Å². The topological polar surface area (TPSA) is 34.1 Å². The van der Waals surface area contributed by atoms with Crippen molar-refractivity contribution in [1.29, 1.82) is 0 Å². The van der Waals surface area contributed by atoms with Crippen molar-refractivity contribution >= 4 is 9.84 Å². The van der Waals surface area contributed by atoms with Crippen molar-refractivity contribution in [2.24, 2.45) is 0 Å². The molecule has 1 aromatic rings. The van der Waals surface area contributed by atoms with Crippen LogP contribution in [-0.4, -0.2) is 14.7 Å². The SMILES string of the molecule is CCC.CS(=O)(=O)c1cccc(F)c1. The average Bonchev–Trinajstić information content (AvgIpc) is 2.04. The summed E-state index contributed by atoms with van der Waals surface area (Å²) in [6, 6.07) is 4.92. The average molecular weight is 218 g/mol. The molecule has 0 aromatic heterocycles. The van der Waals surface area contributed by atoms with Crippen LogP contribution in [0, 0.1) is 5.82 Å². The van der Waals surface area contributed by atoms with Crippen LogP contribution < -0.4 is 0 Å². The molecule has 2 nitrogen and oxygen atoms in total. The lowest BCUT2D eigenvalue weighted by Gasteiger charge is -1.95. The lowest BCUT2D eigenvalue weighted by molar-refractivity contribution is 0.596. The molecular formula is C10H15FO2S. The molecule has 0 N–H and O–H groups in total. The molecule has 0 unspecified atom stereocenters. The first-order chi connectivity index (χ1) is 6.41. The van der Waals surface area contributed by atoms with E-state index in [9.17, 15) is 12.8 Å². The van der Waals surface area contributed by atoms with Crippen molar-refractivity contribution in [1.82, 2.24) is 0 Å². The van der Waals surface area contributed by atoms with Gasteiger partial charge in [0.1, 0.15) is 5.82 Å². The Morgan fingerprint density at radius 2 is 1.79 bits per heavy atom. The first-order valence-corrected chi connectivity index (χ1v) is 6.26. The normalized spacial score (nSPS) is 10.3. The van der Waals surface area contributed by atoms with Crippen LogP contribution in [0.15, 0.2) is 29.2 Å². The van der Waals surface area contributed by atoms with Crippen molar-refractivity contribution in [3.8, 4) is 0 Å². The van der Waals surface area contributed by atoms with E-state index in [2.05, 4.69) is 13.8 Å². The number of benzene rings is 1. The summed E-state index contributed by atoms with van der Waals surface area (Å²) in [6.07, 6.45) is 2.29. The van der Waals surface area contributed by atoms with Crippen LogP contribution in [0.4, 0.5) is 4.39 Å². The van der Waals surface area contributed by atoms with E-state index < -0.39 is 15.7 Å². The van der Waals surface area contributed by atoms with E-state index in [4.69, 9.17) is 0 Å². The third-order valence-corrected chi connectivity index (χ3v) is 2.33. The standard InChI is InChI=1S/C7H7FO2S.C3H8/c1-11(9,10)7-4-2-3-6(8)5-7;1-3-2/h2-5H,1H3;3H2,1-2H3. The van der Waals surface area contributed by atoms with Crippen LogP contribution in [-0.2, 0) is 9.84 Å². The molecule has 14 heavy (non-hydrogen) atoms. The monoisotopic (exact) mass is 218 g/mol. The maximum atomic E-state index is 12.4. The number of rotatable bonds is 1. The largest absolute Gasteiger partial charge is 0.224 e. The second-order valence-electron chi connectivity index (χ2n) is 2.94. The van der Waals surface area contributed by atoms with E-state index in [0.29, 0.717) is 0 Å². The van der Waals surface area contributed by atoms with Gasteiger partial charge in [0.2, 0.25) is 0 Å². The molecule has 0 aliphatic rings. The van der Waals surface area contributed by atoms with E-state index in [1.165, 1.54) is 24.6 Å². The molecular weight excluding hydrogens is 203 g/mol. The molecule has 0 radical (unpaired) electrons. The summed E-state index contributed by atoms with van der Waals surface area (Å²) in [7, 11) is -3.27. The summed E-state index contributed by atoms with van der Waals surface area (Å²) in [6.45, 7) is 4.25. The number of hydrogen-bond donors (Lipinski definition) is 0. The van der Waals surface area contributed by atoms with Crippen LogP contribution in [0.3, 0.4) is 0 Å². The van der Waals surface area contributed by atoms with Crippen LogP contribution >= 0.6 is 0 Å². The summed E-state index contributed by atoms with van der Waals surface area (Å²) in [5.41, 5.74) is 0. The van der Waals surface area contributed by atoms with Gasteiger partial charge >= 0.3 is 0 Å². The van der Waals surface area contributed by atoms with Crippen molar-refractivity contribution in [2.75, 3.05) is 6.26 Å². The van der Waals surface area contributed by atoms with Gasteiger partial charge in [-0.15, -0.1) is 0 Å². The van der Waals surface area contributed by atoms with Gasteiger partial charge in [-0.1, -0.05) is 26.3 Å². The molecule has 0 bridgehead atoms. The predicted octanol–water partition coefficient (Wildman–Crippen LogP) is 2.65. The minimum atomic E-state index is -3.27. The summed E-state index contributed by atoms with van der Waals surface area (Å²) in [5, 5.41) is 0. The molecule has 1 rings (SSSR count). The Hall–Kier alpha value is -0.900. The molecule has 1 aromatic carbocycles. The molecule has 0 saturated heterocycles. The smallest absolute Gasteiger partial charge is 0.175 e. The Bertz CT molecular complexity index is 371. The first kappa shape index (κ1) is 13.1. The van der Waals surface area contributed by atoms with Crippen LogP contribution in [0.5, 0.6) is 0 Å². The molecule has 80 valence electrons. The van der Waals surface area contributed by atoms with E-state index in [-0.39, 0.29) is 4.90 Å². The zero-order valence-corrected chi connectivity index (χ0v) is 9.44. The van der Waals surface area contributed by atoms with Gasteiger partial charge in [0.05, 0.1) is 4.90 Å². The Kier molecular flexibility index (Phi) is 5.38. The molecule has 0 atom stereocenters. The van der Waals surface area contributed by atoms with E-state index in [1.54, 1.807) is 0 Å². The zero-order chi connectivity index (χ0) is 11.2. The molecule has 0 spiro atoms. The lowest BCUT2D eigenvalue weighted by Crippen LogP contribution is -1.96. The van der Waals surface area contributed by atoms with Gasteiger partial charge in [0.25, 0.3) is 0 Å². The number of halogens is 1.